The molecule has 0 bridgehead atoms. The molecule has 6 N–H and O–H groups in total. The van der Waals surface area contributed by atoms with Crippen molar-refractivity contribution in [1.29, 1.82) is 0 Å². The number of morpholine rings is 1. The van der Waals surface area contributed by atoms with Gasteiger partial charge in [0.2, 0.25) is 11.8 Å². The maximum atomic E-state index is 13.9. The Balaban J connectivity index is 1.48. The highest BCUT2D eigenvalue weighted by atomic mass is 16.5. The zero-order valence-electron chi connectivity index (χ0n) is 28.3. The van der Waals surface area contributed by atoms with E-state index in [0.29, 0.717) is 39.1 Å². The molecule has 0 aliphatic carbocycles. The van der Waals surface area contributed by atoms with Crippen LogP contribution in [0.25, 0.3) is 0 Å². The molecule has 11 heteroatoms. The molecule has 0 radical (unpaired) electrons. The molecule has 262 valence electrons. The highest BCUT2D eigenvalue weighted by Gasteiger charge is 2.33. The minimum atomic E-state index is -1.09. The number of nitrogens with two attached hydrogens (primary N) is 1. The predicted octanol–water partition coefficient (Wildman–Crippen LogP) is 2.60. The van der Waals surface area contributed by atoms with Crippen LogP contribution in [0.15, 0.2) is 91.0 Å². The first-order valence-electron chi connectivity index (χ1n) is 16.9. The van der Waals surface area contributed by atoms with Gasteiger partial charge in [-0.2, -0.15) is 0 Å². The molecule has 3 aromatic rings. The summed E-state index contributed by atoms with van der Waals surface area (Å²) in [5.41, 5.74) is 9.07. The number of amides is 5. The fraction of sp³-hybridized carbons (Fsp3) is 0.421. The van der Waals surface area contributed by atoms with Crippen molar-refractivity contribution in [1.82, 2.24) is 20.9 Å². The van der Waals surface area contributed by atoms with E-state index in [0.717, 1.165) is 16.7 Å². The molecule has 5 unspecified atom stereocenters. The summed E-state index contributed by atoms with van der Waals surface area (Å²) in [4.78, 5) is 55.6. The van der Waals surface area contributed by atoms with Crippen LogP contribution < -0.4 is 21.7 Å². The molecule has 5 atom stereocenters. The number of nitrogens with one attached hydrogen (secondary N) is 3. The molecule has 1 fully saturated rings. The van der Waals surface area contributed by atoms with Gasteiger partial charge in [-0.3, -0.25) is 19.7 Å². The molecule has 4 rings (SSSR count). The largest absolute Gasteiger partial charge is 0.391 e. The summed E-state index contributed by atoms with van der Waals surface area (Å²) in [5.74, 6) is -2.65. The van der Waals surface area contributed by atoms with Gasteiger partial charge in [0.15, 0.2) is 0 Å². The number of hydrogen-bond acceptors (Lipinski definition) is 7. The standard InChI is InChI=1S/C38H49N5O6/c1-26(2)34(37(47)40-32(24-29-16-10-5-11-17-29)36(46)42-38(48)43-18-20-49-21-19-43)41-35(45)30(22-27-12-6-3-7-13-27)25-33(44)31(39)23-28-14-8-4-9-15-28/h3-17,26,30-34,44H,18-25,39H2,1-2H3,(H,40,47)(H,41,45)(H,42,46,48). The fourth-order valence-corrected chi connectivity index (χ4v) is 5.83. The van der Waals surface area contributed by atoms with Crippen LogP contribution in [0.2, 0.25) is 0 Å². The van der Waals surface area contributed by atoms with E-state index < -0.39 is 53.9 Å². The molecule has 3 aromatic carbocycles. The number of aliphatic hydroxyl groups is 1. The summed E-state index contributed by atoms with van der Waals surface area (Å²) in [7, 11) is 0. The maximum absolute atomic E-state index is 13.9. The number of urea groups is 1. The lowest BCUT2D eigenvalue weighted by molar-refractivity contribution is -0.134. The second-order valence-electron chi connectivity index (χ2n) is 12.9. The number of aliphatic hydroxyl groups excluding tert-OH is 1. The van der Waals surface area contributed by atoms with Crippen molar-refractivity contribution in [3.63, 3.8) is 0 Å². The Morgan fingerprint density at radius 1 is 0.735 bits per heavy atom. The quantitative estimate of drug-likeness (QED) is 0.166. The summed E-state index contributed by atoms with van der Waals surface area (Å²) < 4.78 is 5.30. The van der Waals surface area contributed by atoms with E-state index >= 15 is 0 Å². The number of hydrogen-bond donors (Lipinski definition) is 5. The summed E-state index contributed by atoms with van der Waals surface area (Å²) in [6.07, 6.45) is 0.0163. The van der Waals surface area contributed by atoms with Crippen molar-refractivity contribution >= 4 is 23.8 Å². The van der Waals surface area contributed by atoms with Crippen molar-refractivity contribution in [2.75, 3.05) is 26.3 Å². The van der Waals surface area contributed by atoms with Crippen molar-refractivity contribution in [2.24, 2.45) is 17.6 Å². The second kappa shape index (κ2) is 18.8. The summed E-state index contributed by atoms with van der Waals surface area (Å²) in [6, 6.07) is 25.0. The molecule has 1 saturated heterocycles. The van der Waals surface area contributed by atoms with Crippen molar-refractivity contribution in [3.05, 3.63) is 108 Å². The molecule has 11 nitrogen and oxygen atoms in total. The molecule has 1 aliphatic rings. The average Bonchev–Trinajstić information content (AvgIpc) is 3.11. The maximum Gasteiger partial charge on any atom is 0.324 e. The third-order valence-electron chi connectivity index (χ3n) is 8.72. The van der Waals surface area contributed by atoms with E-state index in [2.05, 4.69) is 16.0 Å². The topological polar surface area (TPSA) is 163 Å². The molecular weight excluding hydrogens is 622 g/mol. The number of carbonyl (C=O) groups is 4. The normalized spacial score (nSPS) is 16.1. The number of ether oxygens (including phenoxy) is 1. The second-order valence-corrected chi connectivity index (χ2v) is 12.9. The van der Waals surface area contributed by atoms with Crippen molar-refractivity contribution < 1.29 is 29.0 Å². The SMILES string of the molecule is CC(C)C(NC(=O)C(Cc1ccccc1)CC(O)C(N)Cc1ccccc1)C(=O)NC(Cc1ccccc1)C(=O)NC(=O)N1CCOCC1. The Morgan fingerprint density at radius 3 is 1.78 bits per heavy atom. The van der Waals surface area contributed by atoms with Crippen LogP contribution in [0.5, 0.6) is 0 Å². The Bertz CT molecular complexity index is 1480. The Kier molecular flexibility index (Phi) is 14.3. The van der Waals surface area contributed by atoms with Crippen LogP contribution in [0.3, 0.4) is 0 Å². The van der Waals surface area contributed by atoms with Crippen LogP contribution in [0, 0.1) is 11.8 Å². The van der Waals surface area contributed by atoms with Gasteiger partial charge < -0.3 is 31.1 Å². The van der Waals surface area contributed by atoms with Crippen LogP contribution in [-0.4, -0.2) is 84.3 Å². The van der Waals surface area contributed by atoms with Gasteiger partial charge in [-0.25, -0.2) is 4.79 Å². The minimum Gasteiger partial charge on any atom is -0.391 e. The van der Waals surface area contributed by atoms with Crippen molar-refractivity contribution in [2.45, 2.75) is 63.8 Å². The Morgan fingerprint density at radius 2 is 1.24 bits per heavy atom. The lowest BCUT2D eigenvalue weighted by Gasteiger charge is -2.29. The summed E-state index contributed by atoms with van der Waals surface area (Å²) in [5, 5.41) is 19.3. The first-order chi connectivity index (χ1) is 23.6. The lowest BCUT2D eigenvalue weighted by atomic mass is 9.88. The molecule has 0 spiro atoms. The van der Waals surface area contributed by atoms with Gasteiger partial charge in [0.25, 0.3) is 5.91 Å². The summed E-state index contributed by atoms with van der Waals surface area (Å²) >= 11 is 0. The highest BCUT2D eigenvalue weighted by Crippen LogP contribution is 2.19. The van der Waals surface area contributed by atoms with Crippen LogP contribution in [-0.2, 0) is 38.4 Å². The fourth-order valence-electron chi connectivity index (χ4n) is 5.83. The van der Waals surface area contributed by atoms with Gasteiger partial charge in [-0.15, -0.1) is 0 Å². The number of nitrogens with zero attached hydrogens (tertiary/aromatic N) is 1. The van der Waals surface area contributed by atoms with E-state index in [9.17, 15) is 24.3 Å². The zero-order chi connectivity index (χ0) is 35.2. The zero-order valence-corrected chi connectivity index (χ0v) is 28.3. The van der Waals surface area contributed by atoms with Crippen LogP contribution >= 0.6 is 0 Å². The lowest BCUT2D eigenvalue weighted by Crippen LogP contribution is -2.58. The van der Waals surface area contributed by atoms with E-state index in [1.807, 2.05) is 91.0 Å². The Labute approximate surface area is 288 Å². The van der Waals surface area contributed by atoms with Gasteiger partial charge in [-0.05, 0) is 41.9 Å². The minimum absolute atomic E-state index is 0.0872. The van der Waals surface area contributed by atoms with Gasteiger partial charge in [0, 0.05) is 31.5 Å². The first kappa shape index (κ1) is 37.2. The smallest absolute Gasteiger partial charge is 0.324 e. The third kappa shape index (κ3) is 11.8. The van der Waals surface area contributed by atoms with E-state index in [4.69, 9.17) is 10.5 Å². The van der Waals surface area contributed by atoms with Gasteiger partial charge in [0.1, 0.15) is 12.1 Å². The van der Waals surface area contributed by atoms with Crippen LogP contribution in [0.4, 0.5) is 4.79 Å². The molecular formula is C38H49N5O6. The molecule has 5 amide bonds. The highest BCUT2D eigenvalue weighted by molar-refractivity contribution is 5.99. The van der Waals surface area contributed by atoms with E-state index in [1.54, 1.807) is 13.8 Å². The average molecular weight is 672 g/mol. The molecule has 49 heavy (non-hydrogen) atoms. The Hall–Kier alpha value is -4.58. The molecule has 0 aromatic heterocycles. The van der Waals surface area contributed by atoms with E-state index in [1.165, 1.54) is 4.90 Å². The van der Waals surface area contributed by atoms with Gasteiger partial charge >= 0.3 is 6.03 Å². The first-order valence-corrected chi connectivity index (χ1v) is 16.9. The number of imide groups is 1. The van der Waals surface area contributed by atoms with Gasteiger partial charge in [0.05, 0.1) is 19.3 Å². The van der Waals surface area contributed by atoms with Crippen molar-refractivity contribution in [3.8, 4) is 0 Å². The van der Waals surface area contributed by atoms with Crippen LogP contribution in [0.1, 0.15) is 37.0 Å². The molecule has 0 saturated carbocycles. The van der Waals surface area contributed by atoms with Gasteiger partial charge in [-0.1, -0.05) is 105 Å². The number of carbonyl (C=O) groups excluding carboxylic acids is 4. The summed E-state index contributed by atoms with van der Waals surface area (Å²) in [6.45, 7) is 5.06. The molecule has 1 heterocycles. The number of rotatable bonds is 15. The predicted molar refractivity (Wildman–Crippen MR) is 187 cm³/mol. The van der Waals surface area contributed by atoms with E-state index in [-0.39, 0.29) is 18.8 Å². The third-order valence-corrected chi connectivity index (χ3v) is 8.72. The molecule has 1 aliphatic heterocycles. The monoisotopic (exact) mass is 671 g/mol. The number of benzene rings is 3.